The largest absolute Gasteiger partial charge is 0.376 e. The number of benzene rings is 3. The summed E-state index contributed by atoms with van der Waals surface area (Å²) >= 11 is 0. The van der Waals surface area contributed by atoms with E-state index in [0.29, 0.717) is 17.8 Å². The minimum atomic E-state index is -0.156. The highest BCUT2D eigenvalue weighted by Gasteiger charge is 2.06. The van der Waals surface area contributed by atoms with Crippen molar-refractivity contribution in [1.29, 1.82) is 0 Å². The Morgan fingerprint density at radius 2 is 1.46 bits per heavy atom. The maximum Gasteiger partial charge on any atom is 0.243 e. The van der Waals surface area contributed by atoms with E-state index in [1.165, 1.54) is 0 Å². The van der Waals surface area contributed by atoms with Gasteiger partial charge in [-0.15, -0.1) is 0 Å². The Morgan fingerprint density at radius 1 is 0.808 bits per heavy atom. The van der Waals surface area contributed by atoms with Crippen LogP contribution in [0.3, 0.4) is 0 Å². The zero-order valence-electron chi connectivity index (χ0n) is 14.6. The monoisotopic (exact) mass is 347 g/mol. The Labute approximate surface area is 152 Å². The van der Waals surface area contributed by atoms with E-state index >= 15 is 0 Å². The van der Waals surface area contributed by atoms with Gasteiger partial charge in [-0.3, -0.25) is 9.59 Å². The fourth-order valence-corrected chi connectivity index (χ4v) is 2.68. The van der Waals surface area contributed by atoms with Crippen molar-refractivity contribution in [1.82, 2.24) is 0 Å². The molecule has 132 valence electrons. The van der Waals surface area contributed by atoms with E-state index in [9.17, 15) is 9.59 Å². The van der Waals surface area contributed by atoms with Gasteiger partial charge in [0.15, 0.2) is 0 Å². The summed E-state index contributed by atoms with van der Waals surface area (Å²) in [7, 11) is 0. The molecule has 0 heterocycles. The topological polar surface area (TPSA) is 70.2 Å². The summed E-state index contributed by atoms with van der Waals surface area (Å²) in [5.41, 5.74) is 2.22. The second-order valence-corrected chi connectivity index (χ2v) is 5.91. The van der Waals surface area contributed by atoms with Gasteiger partial charge in [0.05, 0.1) is 6.54 Å². The number of anilines is 3. The van der Waals surface area contributed by atoms with Crippen LogP contribution in [0.2, 0.25) is 0 Å². The maximum absolute atomic E-state index is 12.3. The van der Waals surface area contributed by atoms with Crippen LogP contribution in [0.25, 0.3) is 10.8 Å². The summed E-state index contributed by atoms with van der Waals surface area (Å²) in [4.78, 5) is 23.7. The zero-order valence-corrected chi connectivity index (χ0v) is 14.6. The number of carbonyl (C=O) groups is 2. The summed E-state index contributed by atoms with van der Waals surface area (Å²) in [5, 5.41) is 11.0. The van der Waals surface area contributed by atoms with E-state index in [1.807, 2.05) is 42.5 Å². The van der Waals surface area contributed by atoms with Crippen molar-refractivity contribution in [2.24, 2.45) is 0 Å². The third-order valence-corrected chi connectivity index (χ3v) is 3.98. The number of hydrogen-bond donors (Lipinski definition) is 3. The zero-order chi connectivity index (χ0) is 18.4. The Bertz CT molecular complexity index is 932. The molecule has 0 unspecified atom stereocenters. The van der Waals surface area contributed by atoms with Crippen LogP contribution < -0.4 is 16.0 Å². The summed E-state index contributed by atoms with van der Waals surface area (Å²) in [6.45, 7) is 1.94. The van der Waals surface area contributed by atoms with Crippen LogP contribution in [0.15, 0.2) is 66.7 Å². The van der Waals surface area contributed by atoms with Crippen molar-refractivity contribution < 1.29 is 9.59 Å². The van der Waals surface area contributed by atoms with Crippen molar-refractivity contribution in [2.75, 3.05) is 22.5 Å². The predicted octanol–water partition coefficient (Wildman–Crippen LogP) is 4.24. The highest BCUT2D eigenvalue weighted by Crippen LogP contribution is 2.22. The smallest absolute Gasteiger partial charge is 0.243 e. The van der Waals surface area contributed by atoms with Crippen molar-refractivity contribution in [2.45, 2.75) is 13.3 Å². The van der Waals surface area contributed by atoms with Crippen LogP contribution in [0.1, 0.15) is 13.3 Å². The Morgan fingerprint density at radius 3 is 2.23 bits per heavy atom. The van der Waals surface area contributed by atoms with Crippen LogP contribution >= 0.6 is 0 Å². The molecule has 0 radical (unpaired) electrons. The number of hydrogen-bond acceptors (Lipinski definition) is 3. The molecule has 3 rings (SSSR count). The summed E-state index contributed by atoms with van der Waals surface area (Å²) < 4.78 is 0. The van der Waals surface area contributed by atoms with Gasteiger partial charge in [0, 0.05) is 28.9 Å². The quantitative estimate of drug-likeness (QED) is 0.625. The Kier molecular flexibility index (Phi) is 5.49. The Balaban J connectivity index is 1.62. The molecular weight excluding hydrogens is 326 g/mol. The van der Waals surface area contributed by atoms with Gasteiger partial charge >= 0.3 is 0 Å². The Hall–Kier alpha value is -3.34. The predicted molar refractivity (Wildman–Crippen MR) is 106 cm³/mol. The average Bonchev–Trinajstić information content (AvgIpc) is 2.66. The molecule has 0 bridgehead atoms. The minimum absolute atomic E-state index is 0.0638. The van der Waals surface area contributed by atoms with E-state index in [4.69, 9.17) is 0 Å². The number of amides is 2. The number of rotatable bonds is 6. The summed E-state index contributed by atoms with van der Waals surface area (Å²) in [5.74, 6) is -0.219. The molecule has 0 aliphatic carbocycles. The van der Waals surface area contributed by atoms with Crippen LogP contribution in [0, 0.1) is 0 Å². The first-order valence-corrected chi connectivity index (χ1v) is 8.57. The van der Waals surface area contributed by atoms with Crippen LogP contribution in [0.5, 0.6) is 0 Å². The molecule has 0 aliphatic heterocycles. The maximum atomic E-state index is 12.3. The molecule has 0 aliphatic rings. The van der Waals surface area contributed by atoms with Gasteiger partial charge in [-0.2, -0.15) is 0 Å². The average molecular weight is 347 g/mol. The summed E-state index contributed by atoms with van der Waals surface area (Å²) in [6, 6.07) is 21.1. The lowest BCUT2D eigenvalue weighted by molar-refractivity contribution is -0.116. The fourth-order valence-electron chi connectivity index (χ4n) is 2.68. The van der Waals surface area contributed by atoms with Gasteiger partial charge in [-0.25, -0.2) is 0 Å². The second kappa shape index (κ2) is 8.16. The van der Waals surface area contributed by atoms with Crippen LogP contribution in [0.4, 0.5) is 17.1 Å². The first-order chi connectivity index (χ1) is 12.7. The third kappa shape index (κ3) is 4.39. The molecule has 3 aromatic carbocycles. The van der Waals surface area contributed by atoms with Gasteiger partial charge < -0.3 is 16.0 Å². The van der Waals surface area contributed by atoms with E-state index < -0.39 is 0 Å². The molecule has 5 heteroatoms. The molecule has 0 aromatic heterocycles. The van der Waals surface area contributed by atoms with E-state index in [1.54, 1.807) is 31.2 Å². The van der Waals surface area contributed by atoms with Gasteiger partial charge in [0.2, 0.25) is 11.8 Å². The SMILES string of the molecule is CCC(=O)Nc1cccc(NC(=O)CNc2cccc3ccccc23)c1. The third-order valence-electron chi connectivity index (χ3n) is 3.98. The highest BCUT2D eigenvalue weighted by atomic mass is 16.2. The van der Waals surface area contributed by atoms with E-state index in [2.05, 4.69) is 16.0 Å². The minimum Gasteiger partial charge on any atom is -0.376 e. The van der Waals surface area contributed by atoms with Gasteiger partial charge in [0.1, 0.15) is 0 Å². The van der Waals surface area contributed by atoms with Gasteiger partial charge in [0.25, 0.3) is 0 Å². The first-order valence-electron chi connectivity index (χ1n) is 8.57. The van der Waals surface area contributed by atoms with Gasteiger partial charge in [-0.1, -0.05) is 49.4 Å². The molecule has 2 amide bonds. The number of fused-ring (bicyclic) bond motifs is 1. The second-order valence-electron chi connectivity index (χ2n) is 5.91. The van der Waals surface area contributed by atoms with E-state index in [0.717, 1.165) is 16.5 Å². The molecule has 0 fully saturated rings. The number of nitrogens with one attached hydrogen (secondary N) is 3. The molecule has 0 atom stereocenters. The first kappa shape index (κ1) is 17.5. The van der Waals surface area contributed by atoms with Crippen molar-refractivity contribution in [3.05, 3.63) is 66.7 Å². The van der Waals surface area contributed by atoms with Crippen molar-refractivity contribution in [3.8, 4) is 0 Å². The molecule has 26 heavy (non-hydrogen) atoms. The molecule has 0 saturated carbocycles. The fraction of sp³-hybridized carbons (Fsp3) is 0.143. The lowest BCUT2D eigenvalue weighted by Crippen LogP contribution is -2.22. The standard InChI is InChI=1S/C21H21N3O2/c1-2-20(25)23-16-9-6-10-17(13-16)24-21(26)14-22-19-12-5-8-15-7-3-4-11-18(15)19/h3-13,22H,2,14H2,1H3,(H,23,25)(H,24,26). The number of carbonyl (C=O) groups excluding carboxylic acids is 2. The van der Waals surface area contributed by atoms with Crippen LogP contribution in [-0.2, 0) is 9.59 Å². The van der Waals surface area contributed by atoms with E-state index in [-0.39, 0.29) is 18.4 Å². The summed E-state index contributed by atoms with van der Waals surface area (Å²) in [6.07, 6.45) is 0.408. The normalized spacial score (nSPS) is 10.3. The van der Waals surface area contributed by atoms with Crippen molar-refractivity contribution in [3.63, 3.8) is 0 Å². The van der Waals surface area contributed by atoms with Crippen LogP contribution in [-0.4, -0.2) is 18.4 Å². The molecule has 0 spiro atoms. The molecule has 3 aromatic rings. The molecular formula is C21H21N3O2. The lowest BCUT2D eigenvalue weighted by atomic mass is 10.1. The van der Waals surface area contributed by atoms with Crippen molar-refractivity contribution >= 4 is 39.6 Å². The molecule has 0 saturated heterocycles. The molecule has 3 N–H and O–H groups in total. The van der Waals surface area contributed by atoms with Gasteiger partial charge in [-0.05, 0) is 29.7 Å². The highest BCUT2D eigenvalue weighted by molar-refractivity contribution is 5.98. The molecule has 5 nitrogen and oxygen atoms in total. The lowest BCUT2D eigenvalue weighted by Gasteiger charge is -2.11.